The van der Waals surface area contributed by atoms with Crippen LogP contribution >= 0.6 is 22.9 Å². The van der Waals surface area contributed by atoms with E-state index in [4.69, 9.17) is 11.6 Å². The average Bonchev–Trinajstić information content (AvgIpc) is 2.84. The average molecular weight is 315 g/mol. The van der Waals surface area contributed by atoms with E-state index in [-0.39, 0.29) is 11.9 Å². The fraction of sp³-hybridized carbons (Fsp3) is 0.667. The Morgan fingerprint density at radius 3 is 2.75 bits per heavy atom. The number of nitrogens with one attached hydrogen (secondary N) is 1. The van der Waals surface area contributed by atoms with Gasteiger partial charge >= 0.3 is 0 Å². The normalized spacial score (nSPS) is 18.2. The van der Waals surface area contributed by atoms with Gasteiger partial charge in [0.25, 0.3) is 0 Å². The maximum atomic E-state index is 12.3. The predicted octanol–water partition coefficient (Wildman–Crippen LogP) is 3.67. The minimum Gasteiger partial charge on any atom is -0.352 e. The molecule has 2 rings (SSSR count). The van der Waals surface area contributed by atoms with E-state index >= 15 is 0 Å². The summed E-state index contributed by atoms with van der Waals surface area (Å²) < 4.78 is 0.799. The van der Waals surface area contributed by atoms with Crippen LogP contribution in [-0.4, -0.2) is 29.9 Å². The van der Waals surface area contributed by atoms with Crippen molar-refractivity contribution in [2.24, 2.45) is 0 Å². The van der Waals surface area contributed by atoms with E-state index in [0.29, 0.717) is 6.04 Å². The van der Waals surface area contributed by atoms with Gasteiger partial charge in [-0.1, -0.05) is 30.9 Å². The summed E-state index contributed by atoms with van der Waals surface area (Å²) in [5.74, 6) is 0.141. The molecule has 1 aliphatic carbocycles. The summed E-state index contributed by atoms with van der Waals surface area (Å²) in [7, 11) is 1.98. The summed E-state index contributed by atoms with van der Waals surface area (Å²) >= 11 is 7.51. The van der Waals surface area contributed by atoms with Crippen LogP contribution in [0.2, 0.25) is 4.34 Å². The summed E-state index contributed by atoms with van der Waals surface area (Å²) in [6.07, 6.45) is 6.04. The predicted molar refractivity (Wildman–Crippen MR) is 85.3 cm³/mol. The Balaban J connectivity index is 1.82. The first-order valence-corrected chi connectivity index (χ1v) is 8.50. The largest absolute Gasteiger partial charge is 0.352 e. The van der Waals surface area contributed by atoms with Crippen molar-refractivity contribution in [2.75, 3.05) is 7.05 Å². The van der Waals surface area contributed by atoms with Crippen molar-refractivity contribution in [1.29, 1.82) is 0 Å². The SMILES string of the molecule is CC(C(=O)NC1CCCCC1)N(C)Cc1ccc(Cl)s1. The van der Waals surface area contributed by atoms with Crippen molar-refractivity contribution in [3.05, 3.63) is 21.3 Å². The first kappa shape index (κ1) is 15.8. The number of nitrogens with zero attached hydrogens (tertiary/aromatic N) is 1. The van der Waals surface area contributed by atoms with E-state index in [1.165, 1.54) is 24.1 Å². The molecule has 1 N–H and O–H groups in total. The number of hydrogen-bond donors (Lipinski definition) is 1. The molecule has 1 saturated carbocycles. The highest BCUT2D eigenvalue weighted by Crippen LogP contribution is 2.23. The highest BCUT2D eigenvalue weighted by molar-refractivity contribution is 7.16. The number of carbonyl (C=O) groups excluding carboxylic acids is 1. The first-order chi connectivity index (χ1) is 9.56. The minimum absolute atomic E-state index is 0.113. The molecule has 1 heterocycles. The summed E-state index contributed by atoms with van der Waals surface area (Å²) in [5, 5.41) is 3.19. The molecule has 1 unspecified atom stereocenters. The molecule has 0 aliphatic heterocycles. The monoisotopic (exact) mass is 314 g/mol. The third kappa shape index (κ3) is 4.47. The molecule has 5 heteroatoms. The maximum Gasteiger partial charge on any atom is 0.237 e. The van der Waals surface area contributed by atoms with Crippen LogP contribution in [0.15, 0.2) is 12.1 Å². The lowest BCUT2D eigenvalue weighted by atomic mass is 9.95. The van der Waals surface area contributed by atoms with Crippen LogP contribution in [0.25, 0.3) is 0 Å². The van der Waals surface area contributed by atoms with Gasteiger partial charge in [0, 0.05) is 17.5 Å². The van der Waals surface area contributed by atoms with Crippen LogP contribution in [0.3, 0.4) is 0 Å². The number of amides is 1. The van der Waals surface area contributed by atoms with Gasteiger partial charge in [-0.25, -0.2) is 0 Å². The molecule has 0 spiro atoms. The van der Waals surface area contributed by atoms with Crippen LogP contribution in [0.4, 0.5) is 0 Å². The highest BCUT2D eigenvalue weighted by Gasteiger charge is 2.22. The molecule has 1 atom stereocenters. The van der Waals surface area contributed by atoms with Crippen LogP contribution in [0, 0.1) is 0 Å². The Morgan fingerprint density at radius 1 is 1.45 bits per heavy atom. The van der Waals surface area contributed by atoms with Crippen molar-refractivity contribution in [2.45, 2.75) is 57.7 Å². The van der Waals surface area contributed by atoms with Crippen molar-refractivity contribution in [3.8, 4) is 0 Å². The molecule has 0 aromatic carbocycles. The highest BCUT2D eigenvalue weighted by atomic mass is 35.5. The molecule has 1 fully saturated rings. The van der Waals surface area contributed by atoms with Crippen LogP contribution in [0.5, 0.6) is 0 Å². The Kier molecular flexibility index (Phi) is 5.87. The van der Waals surface area contributed by atoms with Gasteiger partial charge in [0.15, 0.2) is 0 Å². The van der Waals surface area contributed by atoms with Crippen molar-refractivity contribution in [1.82, 2.24) is 10.2 Å². The molecule has 3 nitrogen and oxygen atoms in total. The Morgan fingerprint density at radius 2 is 2.15 bits per heavy atom. The number of thiophene rings is 1. The Labute approximate surface area is 130 Å². The van der Waals surface area contributed by atoms with Gasteiger partial charge in [0.1, 0.15) is 0 Å². The lowest BCUT2D eigenvalue weighted by molar-refractivity contribution is -0.126. The molecule has 0 bridgehead atoms. The van der Waals surface area contributed by atoms with Gasteiger partial charge in [-0.05, 0) is 38.9 Å². The standard InChI is InChI=1S/C15H23ClN2OS/c1-11(15(19)17-12-6-4-3-5-7-12)18(2)10-13-8-9-14(16)20-13/h8-9,11-12H,3-7,10H2,1-2H3,(H,17,19). The molecule has 112 valence electrons. The van der Waals surface area contributed by atoms with E-state index in [1.54, 1.807) is 11.3 Å². The first-order valence-electron chi connectivity index (χ1n) is 7.31. The quantitative estimate of drug-likeness (QED) is 0.899. The van der Waals surface area contributed by atoms with E-state index < -0.39 is 0 Å². The Bertz CT molecular complexity index is 443. The number of likely N-dealkylation sites (N-methyl/N-ethyl adjacent to an activating group) is 1. The number of halogens is 1. The maximum absolute atomic E-state index is 12.3. The fourth-order valence-electron chi connectivity index (χ4n) is 2.59. The van der Waals surface area contributed by atoms with Gasteiger partial charge in [0.05, 0.1) is 10.4 Å². The fourth-order valence-corrected chi connectivity index (χ4v) is 3.74. The summed E-state index contributed by atoms with van der Waals surface area (Å²) in [4.78, 5) is 15.5. The van der Waals surface area contributed by atoms with Gasteiger partial charge in [-0.3, -0.25) is 9.69 Å². The second-order valence-electron chi connectivity index (χ2n) is 5.64. The van der Waals surface area contributed by atoms with Crippen molar-refractivity contribution < 1.29 is 4.79 Å². The number of rotatable bonds is 5. The topological polar surface area (TPSA) is 32.3 Å². The molecule has 20 heavy (non-hydrogen) atoms. The van der Waals surface area contributed by atoms with Crippen molar-refractivity contribution >= 4 is 28.8 Å². The van der Waals surface area contributed by atoms with Gasteiger partial charge in [-0.2, -0.15) is 0 Å². The van der Waals surface area contributed by atoms with E-state index in [1.807, 2.05) is 26.1 Å². The summed E-state index contributed by atoms with van der Waals surface area (Å²) in [6.45, 7) is 2.73. The zero-order valence-electron chi connectivity index (χ0n) is 12.2. The smallest absolute Gasteiger partial charge is 0.237 e. The van der Waals surface area contributed by atoms with Crippen molar-refractivity contribution in [3.63, 3.8) is 0 Å². The summed E-state index contributed by atoms with van der Waals surface area (Å²) in [6, 6.07) is 4.19. The van der Waals surface area contributed by atoms with Crippen LogP contribution in [0.1, 0.15) is 43.9 Å². The third-order valence-electron chi connectivity index (χ3n) is 4.03. The van der Waals surface area contributed by atoms with Gasteiger partial charge < -0.3 is 5.32 Å². The summed E-state index contributed by atoms with van der Waals surface area (Å²) in [5.41, 5.74) is 0. The van der Waals surface area contributed by atoms with E-state index in [2.05, 4.69) is 10.2 Å². The van der Waals surface area contributed by atoms with Crippen LogP contribution in [-0.2, 0) is 11.3 Å². The molecular formula is C15H23ClN2OS. The molecular weight excluding hydrogens is 292 g/mol. The van der Waals surface area contributed by atoms with Gasteiger partial charge in [0.2, 0.25) is 5.91 Å². The second kappa shape index (κ2) is 7.43. The lowest BCUT2D eigenvalue weighted by Crippen LogP contribution is -2.47. The minimum atomic E-state index is -0.113. The molecule has 1 amide bonds. The Hall–Kier alpha value is -0.580. The lowest BCUT2D eigenvalue weighted by Gasteiger charge is -2.28. The molecule has 1 aromatic heterocycles. The zero-order valence-corrected chi connectivity index (χ0v) is 13.8. The molecule has 1 aromatic rings. The molecule has 0 saturated heterocycles. The third-order valence-corrected chi connectivity index (χ3v) is 5.24. The van der Waals surface area contributed by atoms with Gasteiger partial charge in [-0.15, -0.1) is 11.3 Å². The number of carbonyl (C=O) groups is 1. The van der Waals surface area contributed by atoms with Crippen LogP contribution < -0.4 is 5.32 Å². The molecule has 0 radical (unpaired) electrons. The second-order valence-corrected chi connectivity index (χ2v) is 7.44. The number of hydrogen-bond acceptors (Lipinski definition) is 3. The van der Waals surface area contributed by atoms with E-state index in [9.17, 15) is 4.79 Å². The van der Waals surface area contributed by atoms with E-state index in [0.717, 1.165) is 23.7 Å². The molecule has 1 aliphatic rings. The zero-order chi connectivity index (χ0) is 14.5.